The highest BCUT2D eigenvalue weighted by atomic mass is 16.4. The number of carbonyl (C=O) groups is 1. The van der Waals surface area contributed by atoms with Crippen LogP contribution in [0, 0.1) is 0 Å². The van der Waals surface area contributed by atoms with Crippen molar-refractivity contribution in [2.24, 2.45) is 10.7 Å². The molecule has 1 rings (SSSR count). The lowest BCUT2D eigenvalue weighted by Gasteiger charge is -1.96. The van der Waals surface area contributed by atoms with Crippen molar-refractivity contribution >= 4 is 11.9 Å². The Hall–Kier alpha value is -1.84. The van der Waals surface area contributed by atoms with Crippen LogP contribution < -0.4 is 5.73 Å². The van der Waals surface area contributed by atoms with Gasteiger partial charge in [-0.25, -0.2) is 4.79 Å². The standard InChI is InChI=1S/C8H8N2O2/c9-7(10-8(11)12)6-4-2-1-3-5-6/h1-5H,(H2,9,10)(H,11,12). The van der Waals surface area contributed by atoms with Crippen molar-refractivity contribution in [3.8, 4) is 0 Å². The minimum atomic E-state index is -1.28. The highest BCUT2D eigenvalue weighted by Crippen LogP contribution is 1.97. The Labute approximate surface area is 69.4 Å². The van der Waals surface area contributed by atoms with Gasteiger partial charge in [0.05, 0.1) is 0 Å². The summed E-state index contributed by atoms with van der Waals surface area (Å²) < 4.78 is 0. The molecule has 0 unspecified atom stereocenters. The average Bonchev–Trinajstić information content (AvgIpc) is 2.05. The molecule has 3 N–H and O–H groups in total. The maximum Gasteiger partial charge on any atom is 0.433 e. The molecule has 0 aliphatic rings. The maximum absolute atomic E-state index is 10.1. The lowest BCUT2D eigenvalue weighted by atomic mass is 10.2. The van der Waals surface area contributed by atoms with Gasteiger partial charge in [-0.15, -0.1) is 0 Å². The Kier molecular flexibility index (Phi) is 2.42. The van der Waals surface area contributed by atoms with Crippen molar-refractivity contribution in [1.82, 2.24) is 0 Å². The van der Waals surface area contributed by atoms with E-state index >= 15 is 0 Å². The number of benzene rings is 1. The van der Waals surface area contributed by atoms with Gasteiger partial charge in [0.2, 0.25) is 0 Å². The number of amidine groups is 1. The van der Waals surface area contributed by atoms with Gasteiger partial charge in [-0.2, -0.15) is 4.99 Å². The van der Waals surface area contributed by atoms with Crippen molar-refractivity contribution in [2.75, 3.05) is 0 Å². The van der Waals surface area contributed by atoms with Gasteiger partial charge in [0.25, 0.3) is 0 Å². The quantitative estimate of drug-likeness (QED) is 0.481. The number of carboxylic acid groups (broad SMARTS) is 1. The van der Waals surface area contributed by atoms with Crippen LogP contribution >= 0.6 is 0 Å². The topological polar surface area (TPSA) is 75.7 Å². The van der Waals surface area contributed by atoms with Gasteiger partial charge in [0.15, 0.2) is 0 Å². The van der Waals surface area contributed by atoms with Crippen LogP contribution in [-0.2, 0) is 0 Å². The van der Waals surface area contributed by atoms with E-state index in [0.717, 1.165) is 0 Å². The van der Waals surface area contributed by atoms with Gasteiger partial charge in [-0.05, 0) is 0 Å². The molecule has 0 heterocycles. The summed E-state index contributed by atoms with van der Waals surface area (Å²) in [4.78, 5) is 13.3. The largest absolute Gasteiger partial charge is 0.463 e. The fraction of sp³-hybridized carbons (Fsp3) is 0. The number of nitrogens with two attached hydrogens (primary N) is 1. The molecule has 0 saturated heterocycles. The SMILES string of the molecule is N/C(=N/C(=O)O)c1ccccc1. The fourth-order valence-electron chi connectivity index (χ4n) is 0.777. The van der Waals surface area contributed by atoms with Crippen LogP contribution in [-0.4, -0.2) is 17.0 Å². The van der Waals surface area contributed by atoms with Crippen LogP contribution in [0.4, 0.5) is 4.79 Å². The predicted octanol–water partition coefficient (Wildman–Crippen LogP) is 1.07. The molecular formula is C8H8N2O2. The molecule has 62 valence electrons. The summed E-state index contributed by atoms with van der Waals surface area (Å²) in [6.45, 7) is 0. The molecule has 1 aromatic rings. The van der Waals surface area contributed by atoms with Crippen LogP contribution in [0.2, 0.25) is 0 Å². The Bertz CT molecular complexity index is 306. The Morgan fingerprint density at radius 3 is 2.42 bits per heavy atom. The summed E-state index contributed by atoms with van der Waals surface area (Å²) in [5.74, 6) is 0.0168. The fourth-order valence-corrected chi connectivity index (χ4v) is 0.777. The first-order valence-corrected chi connectivity index (χ1v) is 3.32. The van der Waals surface area contributed by atoms with Gasteiger partial charge in [0.1, 0.15) is 5.84 Å². The molecule has 12 heavy (non-hydrogen) atoms. The first-order valence-electron chi connectivity index (χ1n) is 3.32. The Morgan fingerprint density at radius 2 is 1.92 bits per heavy atom. The van der Waals surface area contributed by atoms with E-state index in [9.17, 15) is 4.79 Å². The molecule has 0 bridgehead atoms. The molecule has 0 radical (unpaired) electrons. The molecule has 0 spiro atoms. The average molecular weight is 164 g/mol. The third-order valence-corrected chi connectivity index (χ3v) is 1.29. The number of rotatable bonds is 1. The zero-order valence-electron chi connectivity index (χ0n) is 6.27. The lowest BCUT2D eigenvalue weighted by molar-refractivity contribution is 0.205. The van der Waals surface area contributed by atoms with Crippen molar-refractivity contribution in [3.05, 3.63) is 35.9 Å². The Morgan fingerprint density at radius 1 is 1.33 bits per heavy atom. The molecule has 0 aliphatic carbocycles. The predicted molar refractivity (Wildman–Crippen MR) is 45.2 cm³/mol. The van der Waals surface area contributed by atoms with E-state index in [1.807, 2.05) is 6.07 Å². The van der Waals surface area contributed by atoms with Crippen LogP contribution in [0.25, 0.3) is 0 Å². The molecule has 4 nitrogen and oxygen atoms in total. The number of aliphatic imine (C=N–C) groups is 1. The molecule has 1 amide bonds. The zero-order valence-corrected chi connectivity index (χ0v) is 6.27. The summed E-state index contributed by atoms with van der Waals surface area (Å²) in [6.07, 6.45) is -1.28. The maximum atomic E-state index is 10.1. The molecule has 0 saturated carbocycles. The summed E-state index contributed by atoms with van der Waals surface area (Å²) >= 11 is 0. The van der Waals surface area contributed by atoms with E-state index in [4.69, 9.17) is 10.8 Å². The van der Waals surface area contributed by atoms with Crippen molar-refractivity contribution in [2.45, 2.75) is 0 Å². The highest BCUT2D eigenvalue weighted by Gasteiger charge is 1.98. The van der Waals surface area contributed by atoms with Crippen molar-refractivity contribution < 1.29 is 9.90 Å². The smallest absolute Gasteiger partial charge is 0.433 e. The van der Waals surface area contributed by atoms with Crippen LogP contribution in [0.5, 0.6) is 0 Å². The molecule has 0 fully saturated rings. The lowest BCUT2D eigenvalue weighted by Crippen LogP contribution is -2.14. The molecule has 0 aromatic heterocycles. The first-order chi connectivity index (χ1) is 5.70. The van der Waals surface area contributed by atoms with Gasteiger partial charge in [0, 0.05) is 5.56 Å². The number of hydrogen-bond donors (Lipinski definition) is 2. The van der Waals surface area contributed by atoms with Crippen LogP contribution in [0.1, 0.15) is 5.56 Å². The van der Waals surface area contributed by atoms with E-state index in [1.165, 1.54) is 0 Å². The minimum absolute atomic E-state index is 0.0168. The van der Waals surface area contributed by atoms with Crippen LogP contribution in [0.3, 0.4) is 0 Å². The second-order valence-corrected chi connectivity index (χ2v) is 2.15. The third-order valence-electron chi connectivity index (χ3n) is 1.29. The van der Waals surface area contributed by atoms with E-state index in [0.29, 0.717) is 5.56 Å². The minimum Gasteiger partial charge on any atom is -0.463 e. The normalized spacial score (nSPS) is 11.2. The third kappa shape index (κ3) is 2.09. The summed E-state index contributed by atoms with van der Waals surface area (Å²) in [5.41, 5.74) is 5.98. The number of hydrogen-bond acceptors (Lipinski definition) is 1. The van der Waals surface area contributed by atoms with E-state index < -0.39 is 6.09 Å². The van der Waals surface area contributed by atoms with Gasteiger partial charge < -0.3 is 10.8 Å². The monoisotopic (exact) mass is 164 g/mol. The highest BCUT2D eigenvalue weighted by molar-refractivity contribution is 6.02. The van der Waals surface area contributed by atoms with Crippen molar-refractivity contribution in [1.29, 1.82) is 0 Å². The zero-order chi connectivity index (χ0) is 8.97. The van der Waals surface area contributed by atoms with E-state index in [-0.39, 0.29) is 5.84 Å². The van der Waals surface area contributed by atoms with Gasteiger partial charge in [-0.1, -0.05) is 30.3 Å². The molecular weight excluding hydrogens is 156 g/mol. The second-order valence-electron chi connectivity index (χ2n) is 2.15. The number of nitrogens with zero attached hydrogens (tertiary/aromatic N) is 1. The van der Waals surface area contributed by atoms with Crippen molar-refractivity contribution in [3.63, 3.8) is 0 Å². The molecule has 0 atom stereocenters. The molecule has 0 aliphatic heterocycles. The summed E-state index contributed by atoms with van der Waals surface area (Å²) in [6, 6.07) is 8.74. The van der Waals surface area contributed by atoms with Gasteiger partial charge in [-0.3, -0.25) is 0 Å². The Balaban J connectivity index is 2.93. The molecule has 1 aromatic carbocycles. The summed E-state index contributed by atoms with van der Waals surface area (Å²) in [7, 11) is 0. The van der Waals surface area contributed by atoms with Gasteiger partial charge >= 0.3 is 6.09 Å². The first kappa shape index (κ1) is 8.26. The number of amides is 1. The second kappa shape index (κ2) is 3.52. The van der Waals surface area contributed by atoms with Crippen LogP contribution in [0.15, 0.2) is 35.3 Å². The van der Waals surface area contributed by atoms with E-state index in [2.05, 4.69) is 4.99 Å². The summed E-state index contributed by atoms with van der Waals surface area (Å²) in [5, 5.41) is 8.28. The van der Waals surface area contributed by atoms with E-state index in [1.54, 1.807) is 24.3 Å². The molecule has 4 heteroatoms.